The summed E-state index contributed by atoms with van der Waals surface area (Å²) < 4.78 is 0. The van der Waals surface area contributed by atoms with Gasteiger partial charge in [0.05, 0.1) is 10.4 Å². The van der Waals surface area contributed by atoms with Crippen LogP contribution in [0.5, 0.6) is 0 Å². The minimum Gasteiger partial charge on any atom is -0.384 e. The maximum atomic E-state index is 12.0. The standard InChI is InChI=1S/C15H19NO2S/c1-2-5-15(6-7-15)11-16-14(18)12-9-13(19-10-12)4-3-8-17/h9-10,17H,2,5-8,11H2,1H3,(H,16,18). The molecule has 0 bridgehead atoms. The van der Waals surface area contributed by atoms with Gasteiger partial charge in [-0.05, 0) is 30.7 Å². The molecule has 3 nitrogen and oxygen atoms in total. The molecule has 1 saturated carbocycles. The van der Waals surface area contributed by atoms with Crippen molar-refractivity contribution < 1.29 is 9.90 Å². The lowest BCUT2D eigenvalue weighted by atomic mass is 10.0. The van der Waals surface area contributed by atoms with Gasteiger partial charge in [0.15, 0.2) is 0 Å². The third-order valence-corrected chi connectivity index (χ3v) is 4.36. The van der Waals surface area contributed by atoms with E-state index in [2.05, 4.69) is 24.1 Å². The molecule has 1 heterocycles. The molecule has 1 fully saturated rings. The molecule has 1 aliphatic carbocycles. The summed E-state index contributed by atoms with van der Waals surface area (Å²) >= 11 is 1.43. The Kier molecular flexibility index (Phi) is 4.62. The molecule has 1 aliphatic rings. The SMILES string of the molecule is CCCC1(CNC(=O)c2csc(C#CCO)c2)CC1. The molecule has 4 heteroatoms. The molecule has 0 aromatic carbocycles. The molecule has 1 amide bonds. The highest BCUT2D eigenvalue weighted by molar-refractivity contribution is 7.10. The Bertz CT molecular complexity index is 506. The second-order valence-corrected chi connectivity index (χ2v) is 6.00. The first kappa shape index (κ1) is 14.1. The summed E-state index contributed by atoms with van der Waals surface area (Å²) in [4.78, 5) is 12.8. The Labute approximate surface area is 118 Å². The van der Waals surface area contributed by atoms with Gasteiger partial charge in [0, 0.05) is 11.9 Å². The highest BCUT2D eigenvalue weighted by atomic mass is 32.1. The van der Waals surface area contributed by atoms with Crippen molar-refractivity contribution in [3.8, 4) is 11.8 Å². The molecule has 102 valence electrons. The number of amides is 1. The second-order valence-electron chi connectivity index (χ2n) is 5.09. The fraction of sp³-hybridized carbons (Fsp3) is 0.533. The quantitative estimate of drug-likeness (QED) is 0.812. The van der Waals surface area contributed by atoms with Gasteiger partial charge >= 0.3 is 0 Å². The van der Waals surface area contributed by atoms with Gasteiger partial charge < -0.3 is 10.4 Å². The van der Waals surface area contributed by atoms with E-state index < -0.39 is 0 Å². The van der Waals surface area contributed by atoms with Crippen LogP contribution in [0.4, 0.5) is 0 Å². The van der Waals surface area contributed by atoms with Crippen molar-refractivity contribution in [1.82, 2.24) is 5.32 Å². The van der Waals surface area contributed by atoms with E-state index in [1.165, 1.54) is 37.0 Å². The van der Waals surface area contributed by atoms with Crippen molar-refractivity contribution in [2.24, 2.45) is 5.41 Å². The van der Waals surface area contributed by atoms with Crippen LogP contribution < -0.4 is 5.32 Å². The molecule has 19 heavy (non-hydrogen) atoms. The van der Waals surface area contributed by atoms with Crippen LogP contribution in [-0.4, -0.2) is 24.2 Å². The Morgan fingerprint density at radius 2 is 2.37 bits per heavy atom. The summed E-state index contributed by atoms with van der Waals surface area (Å²) in [5.41, 5.74) is 1.04. The van der Waals surface area contributed by atoms with E-state index in [1.54, 1.807) is 6.07 Å². The molecule has 1 aromatic heterocycles. The smallest absolute Gasteiger partial charge is 0.252 e. The Hall–Kier alpha value is -1.31. The monoisotopic (exact) mass is 277 g/mol. The van der Waals surface area contributed by atoms with Crippen molar-refractivity contribution >= 4 is 17.2 Å². The Morgan fingerprint density at radius 3 is 3.00 bits per heavy atom. The zero-order valence-corrected chi connectivity index (χ0v) is 12.0. The summed E-state index contributed by atoms with van der Waals surface area (Å²) in [5.74, 6) is 5.38. The largest absolute Gasteiger partial charge is 0.384 e. The predicted molar refractivity (Wildman–Crippen MR) is 77.2 cm³/mol. The Morgan fingerprint density at radius 1 is 1.58 bits per heavy atom. The number of aliphatic hydroxyl groups is 1. The maximum Gasteiger partial charge on any atom is 0.252 e. The van der Waals surface area contributed by atoms with Crippen LogP contribution in [0.2, 0.25) is 0 Å². The number of aliphatic hydroxyl groups excluding tert-OH is 1. The van der Waals surface area contributed by atoms with Crippen LogP contribution in [0, 0.1) is 17.3 Å². The first-order valence-corrected chi connectivity index (χ1v) is 7.53. The average molecular weight is 277 g/mol. The van der Waals surface area contributed by atoms with Crippen LogP contribution >= 0.6 is 11.3 Å². The van der Waals surface area contributed by atoms with Crippen molar-refractivity contribution in [1.29, 1.82) is 0 Å². The topological polar surface area (TPSA) is 49.3 Å². The minimum absolute atomic E-state index is 0.0179. The van der Waals surface area contributed by atoms with Crippen molar-refractivity contribution in [3.63, 3.8) is 0 Å². The van der Waals surface area contributed by atoms with Gasteiger partial charge in [0.25, 0.3) is 5.91 Å². The van der Waals surface area contributed by atoms with Crippen molar-refractivity contribution in [3.05, 3.63) is 21.9 Å². The molecule has 0 radical (unpaired) electrons. The van der Waals surface area contributed by atoms with E-state index in [0.717, 1.165) is 11.4 Å². The molecule has 0 unspecified atom stereocenters. The lowest BCUT2D eigenvalue weighted by Crippen LogP contribution is -2.29. The first-order valence-electron chi connectivity index (χ1n) is 6.65. The first-order chi connectivity index (χ1) is 9.19. The summed E-state index contributed by atoms with van der Waals surface area (Å²) in [5, 5.41) is 13.5. The molecule has 0 aliphatic heterocycles. The van der Waals surface area contributed by atoms with Crippen molar-refractivity contribution in [2.75, 3.05) is 13.2 Å². The maximum absolute atomic E-state index is 12.0. The molecule has 1 aromatic rings. The van der Waals surface area contributed by atoms with E-state index in [1.807, 2.05) is 5.38 Å². The van der Waals surface area contributed by atoms with Crippen LogP contribution in [0.15, 0.2) is 11.4 Å². The van der Waals surface area contributed by atoms with Gasteiger partial charge in [-0.25, -0.2) is 0 Å². The van der Waals surface area contributed by atoms with E-state index in [9.17, 15) is 4.79 Å². The molecular weight excluding hydrogens is 258 g/mol. The van der Waals surface area contributed by atoms with E-state index >= 15 is 0 Å². The van der Waals surface area contributed by atoms with Gasteiger partial charge in [-0.3, -0.25) is 4.79 Å². The number of hydrogen-bond donors (Lipinski definition) is 2. The molecule has 2 rings (SSSR count). The molecule has 0 saturated heterocycles. The lowest BCUT2D eigenvalue weighted by Gasteiger charge is -2.14. The number of carbonyl (C=O) groups excluding carboxylic acids is 1. The zero-order valence-electron chi connectivity index (χ0n) is 11.2. The van der Waals surface area contributed by atoms with Crippen LogP contribution in [-0.2, 0) is 0 Å². The number of hydrogen-bond acceptors (Lipinski definition) is 3. The van der Waals surface area contributed by atoms with Crippen LogP contribution in [0.25, 0.3) is 0 Å². The highest BCUT2D eigenvalue weighted by Gasteiger charge is 2.41. The predicted octanol–water partition coefficient (Wildman–Crippen LogP) is 2.40. The number of rotatable bonds is 5. The van der Waals surface area contributed by atoms with Gasteiger partial charge in [-0.15, -0.1) is 11.3 Å². The molecule has 2 N–H and O–H groups in total. The van der Waals surface area contributed by atoms with Gasteiger partial charge in [0.1, 0.15) is 6.61 Å². The van der Waals surface area contributed by atoms with E-state index in [4.69, 9.17) is 5.11 Å². The minimum atomic E-state index is -0.154. The van der Waals surface area contributed by atoms with Crippen LogP contribution in [0.3, 0.4) is 0 Å². The molecule has 0 spiro atoms. The number of nitrogens with one attached hydrogen (secondary N) is 1. The fourth-order valence-electron chi connectivity index (χ4n) is 2.24. The summed E-state index contributed by atoms with van der Waals surface area (Å²) in [6, 6.07) is 1.78. The normalized spacial score (nSPS) is 15.5. The number of thiophene rings is 1. The molecular formula is C15H19NO2S. The Balaban J connectivity index is 1.88. The second kappa shape index (κ2) is 6.23. The van der Waals surface area contributed by atoms with Gasteiger partial charge in [0.2, 0.25) is 0 Å². The summed E-state index contributed by atoms with van der Waals surface area (Å²) in [6.07, 6.45) is 4.84. The third kappa shape index (κ3) is 3.82. The van der Waals surface area contributed by atoms with Crippen LogP contribution in [0.1, 0.15) is 47.8 Å². The fourth-order valence-corrected chi connectivity index (χ4v) is 2.99. The number of carbonyl (C=O) groups is 1. The lowest BCUT2D eigenvalue weighted by molar-refractivity contribution is 0.0944. The summed E-state index contributed by atoms with van der Waals surface area (Å²) in [6.45, 7) is 2.82. The zero-order chi connectivity index (χ0) is 13.7. The van der Waals surface area contributed by atoms with E-state index in [0.29, 0.717) is 11.0 Å². The van der Waals surface area contributed by atoms with Crippen molar-refractivity contribution in [2.45, 2.75) is 32.6 Å². The van der Waals surface area contributed by atoms with Gasteiger partial charge in [-0.1, -0.05) is 25.2 Å². The molecule has 0 atom stereocenters. The average Bonchev–Trinajstić information content (AvgIpc) is 3.01. The summed E-state index contributed by atoms with van der Waals surface area (Å²) in [7, 11) is 0. The third-order valence-electron chi connectivity index (χ3n) is 3.51. The highest BCUT2D eigenvalue weighted by Crippen LogP contribution is 2.48. The van der Waals surface area contributed by atoms with Gasteiger partial charge in [-0.2, -0.15) is 0 Å². The van der Waals surface area contributed by atoms with E-state index in [-0.39, 0.29) is 12.5 Å².